The Morgan fingerprint density at radius 1 is 1.47 bits per heavy atom. The van der Waals surface area contributed by atoms with Crippen LogP contribution >= 0.6 is 11.8 Å². The molecule has 0 radical (unpaired) electrons. The van der Waals surface area contributed by atoms with E-state index in [-0.39, 0.29) is 0 Å². The lowest BCUT2D eigenvalue weighted by molar-refractivity contribution is 0.394. The lowest BCUT2D eigenvalue weighted by Crippen LogP contribution is -2.15. The van der Waals surface area contributed by atoms with Gasteiger partial charge in [0.05, 0.1) is 5.69 Å². The molecule has 0 bridgehead atoms. The van der Waals surface area contributed by atoms with Crippen molar-refractivity contribution in [2.45, 2.75) is 43.6 Å². The molecule has 17 heavy (non-hydrogen) atoms. The maximum absolute atomic E-state index is 5.36. The van der Waals surface area contributed by atoms with Crippen LogP contribution in [0.25, 0.3) is 0 Å². The molecule has 1 fully saturated rings. The summed E-state index contributed by atoms with van der Waals surface area (Å²) in [5.41, 5.74) is 3.71. The van der Waals surface area contributed by atoms with Gasteiger partial charge in [0, 0.05) is 11.0 Å². The van der Waals surface area contributed by atoms with Crippen LogP contribution in [0.15, 0.2) is 18.2 Å². The maximum atomic E-state index is 5.36. The molecule has 0 aromatic carbocycles. The lowest BCUT2D eigenvalue weighted by Gasteiger charge is -2.26. The van der Waals surface area contributed by atoms with Crippen molar-refractivity contribution in [2.75, 3.05) is 5.43 Å². The minimum absolute atomic E-state index is 0.750. The van der Waals surface area contributed by atoms with Gasteiger partial charge in [0.25, 0.3) is 0 Å². The number of nitrogens with two attached hydrogens (primary N) is 1. The van der Waals surface area contributed by atoms with Crippen LogP contribution in [0.3, 0.4) is 0 Å². The van der Waals surface area contributed by atoms with Crippen LogP contribution in [0.4, 0.5) is 5.82 Å². The van der Waals surface area contributed by atoms with Gasteiger partial charge in [-0.05, 0) is 30.9 Å². The van der Waals surface area contributed by atoms with Crippen molar-refractivity contribution in [3.63, 3.8) is 0 Å². The van der Waals surface area contributed by atoms with Gasteiger partial charge in [-0.2, -0.15) is 11.8 Å². The van der Waals surface area contributed by atoms with E-state index in [0.717, 1.165) is 28.4 Å². The molecule has 2 atom stereocenters. The zero-order chi connectivity index (χ0) is 12.1. The second-order valence-electron chi connectivity index (χ2n) is 4.86. The number of pyridine rings is 1. The van der Waals surface area contributed by atoms with Gasteiger partial charge in [0.2, 0.25) is 0 Å². The third kappa shape index (κ3) is 3.89. The van der Waals surface area contributed by atoms with E-state index in [0.29, 0.717) is 0 Å². The average Bonchev–Trinajstić information content (AvgIpc) is 2.37. The van der Waals surface area contributed by atoms with Crippen LogP contribution in [-0.4, -0.2) is 10.2 Å². The Bertz CT molecular complexity index is 356. The summed E-state index contributed by atoms with van der Waals surface area (Å²) in [5, 5.41) is 0.815. The van der Waals surface area contributed by atoms with Crippen molar-refractivity contribution in [3.05, 3.63) is 23.9 Å². The summed E-state index contributed by atoms with van der Waals surface area (Å²) in [4.78, 5) is 4.44. The van der Waals surface area contributed by atoms with E-state index in [9.17, 15) is 0 Å². The van der Waals surface area contributed by atoms with E-state index >= 15 is 0 Å². The Labute approximate surface area is 108 Å². The van der Waals surface area contributed by atoms with Gasteiger partial charge in [-0.25, -0.2) is 10.8 Å². The van der Waals surface area contributed by atoms with Crippen molar-refractivity contribution in [1.82, 2.24) is 4.98 Å². The third-order valence-corrected chi connectivity index (χ3v) is 4.67. The van der Waals surface area contributed by atoms with Crippen LogP contribution in [0, 0.1) is 5.92 Å². The van der Waals surface area contributed by atoms with Crippen molar-refractivity contribution in [3.8, 4) is 0 Å². The molecular weight excluding hydrogens is 230 g/mol. The SMILES string of the molecule is CC1CCCC(SCc2cccc(NN)n2)C1. The fraction of sp³-hybridized carbons (Fsp3) is 0.615. The van der Waals surface area contributed by atoms with Crippen LogP contribution in [-0.2, 0) is 5.75 Å². The number of nitrogen functional groups attached to an aromatic ring is 1. The largest absolute Gasteiger partial charge is 0.308 e. The van der Waals surface area contributed by atoms with Gasteiger partial charge in [-0.3, -0.25) is 0 Å². The number of thioether (sulfide) groups is 1. The standard InChI is InChI=1S/C13H21N3S/c1-10-4-2-6-12(8-10)17-9-11-5-3-7-13(15-11)16-14/h3,5,7,10,12H,2,4,6,8-9,14H2,1H3,(H,15,16). The van der Waals surface area contributed by atoms with Crippen molar-refractivity contribution >= 4 is 17.6 Å². The Morgan fingerprint density at radius 3 is 3.12 bits per heavy atom. The highest BCUT2D eigenvalue weighted by Gasteiger charge is 2.19. The van der Waals surface area contributed by atoms with Crippen molar-refractivity contribution in [2.24, 2.45) is 11.8 Å². The molecule has 2 unspecified atom stereocenters. The first-order chi connectivity index (χ1) is 8.28. The topological polar surface area (TPSA) is 50.9 Å². The number of rotatable bonds is 4. The molecule has 1 aliphatic rings. The molecule has 1 saturated carbocycles. The Morgan fingerprint density at radius 2 is 2.35 bits per heavy atom. The molecule has 4 heteroatoms. The number of anilines is 1. The fourth-order valence-electron chi connectivity index (χ4n) is 2.37. The average molecular weight is 251 g/mol. The predicted octanol–water partition coefficient (Wildman–Crippen LogP) is 3.18. The van der Waals surface area contributed by atoms with Gasteiger partial charge in [0.15, 0.2) is 0 Å². The first-order valence-corrected chi connectivity index (χ1v) is 7.37. The van der Waals surface area contributed by atoms with Gasteiger partial charge in [-0.1, -0.05) is 25.8 Å². The smallest absolute Gasteiger partial charge is 0.140 e. The Hall–Kier alpha value is -0.740. The van der Waals surface area contributed by atoms with Crippen molar-refractivity contribution in [1.29, 1.82) is 0 Å². The van der Waals surface area contributed by atoms with Crippen molar-refractivity contribution < 1.29 is 0 Å². The van der Waals surface area contributed by atoms with Gasteiger partial charge < -0.3 is 5.43 Å². The van der Waals surface area contributed by atoms with Crippen LogP contribution in [0.2, 0.25) is 0 Å². The highest BCUT2D eigenvalue weighted by atomic mass is 32.2. The zero-order valence-corrected chi connectivity index (χ0v) is 11.2. The number of nitrogens with zero attached hydrogens (tertiary/aromatic N) is 1. The second kappa shape index (κ2) is 6.26. The Kier molecular flexibility index (Phi) is 4.68. The molecule has 1 aromatic rings. The van der Waals surface area contributed by atoms with Crippen LogP contribution < -0.4 is 11.3 Å². The fourth-order valence-corrected chi connectivity index (χ4v) is 3.74. The number of nitrogens with one attached hydrogen (secondary N) is 1. The molecule has 94 valence electrons. The van der Waals surface area contributed by atoms with E-state index in [4.69, 9.17) is 5.84 Å². The first kappa shape index (κ1) is 12.7. The Balaban J connectivity index is 1.84. The molecule has 1 aromatic heterocycles. The maximum Gasteiger partial charge on any atom is 0.140 e. The molecule has 0 aliphatic heterocycles. The summed E-state index contributed by atoms with van der Waals surface area (Å²) >= 11 is 2.04. The highest BCUT2D eigenvalue weighted by molar-refractivity contribution is 7.99. The third-order valence-electron chi connectivity index (χ3n) is 3.31. The molecule has 2 rings (SSSR count). The van der Waals surface area contributed by atoms with Gasteiger partial charge in [-0.15, -0.1) is 0 Å². The summed E-state index contributed by atoms with van der Waals surface area (Å²) in [6.45, 7) is 2.37. The van der Waals surface area contributed by atoms with E-state index in [1.807, 2.05) is 23.9 Å². The molecule has 1 aliphatic carbocycles. The quantitative estimate of drug-likeness (QED) is 0.637. The minimum Gasteiger partial charge on any atom is -0.308 e. The van der Waals surface area contributed by atoms with Gasteiger partial charge in [0.1, 0.15) is 5.82 Å². The van der Waals surface area contributed by atoms with E-state index in [1.54, 1.807) is 0 Å². The first-order valence-electron chi connectivity index (χ1n) is 6.32. The van der Waals surface area contributed by atoms with Crippen LogP contribution in [0.5, 0.6) is 0 Å². The number of hydrazine groups is 1. The predicted molar refractivity (Wildman–Crippen MR) is 74.8 cm³/mol. The number of hydrogen-bond acceptors (Lipinski definition) is 4. The summed E-state index contributed by atoms with van der Waals surface area (Å²) in [6.07, 6.45) is 5.52. The monoisotopic (exact) mass is 251 g/mol. The molecular formula is C13H21N3S. The highest BCUT2D eigenvalue weighted by Crippen LogP contribution is 2.33. The zero-order valence-electron chi connectivity index (χ0n) is 10.4. The molecule has 1 heterocycles. The normalized spacial score (nSPS) is 24.6. The summed E-state index contributed by atoms with van der Waals surface area (Å²) in [7, 11) is 0. The number of aromatic nitrogens is 1. The molecule has 0 spiro atoms. The molecule has 0 saturated heterocycles. The molecule has 0 amide bonds. The minimum atomic E-state index is 0.750. The van der Waals surface area contributed by atoms with E-state index in [2.05, 4.69) is 23.4 Å². The summed E-state index contributed by atoms with van der Waals surface area (Å²) < 4.78 is 0. The van der Waals surface area contributed by atoms with E-state index in [1.165, 1.54) is 25.7 Å². The van der Waals surface area contributed by atoms with Crippen LogP contribution in [0.1, 0.15) is 38.3 Å². The van der Waals surface area contributed by atoms with Gasteiger partial charge >= 0.3 is 0 Å². The summed E-state index contributed by atoms with van der Waals surface area (Å²) in [5.74, 6) is 7.99. The molecule has 3 N–H and O–H groups in total. The lowest BCUT2D eigenvalue weighted by atomic mass is 9.91. The second-order valence-corrected chi connectivity index (χ2v) is 6.15. The molecule has 3 nitrogen and oxygen atoms in total. The number of hydrogen-bond donors (Lipinski definition) is 2. The summed E-state index contributed by atoms with van der Waals surface area (Å²) in [6, 6.07) is 5.96. The van der Waals surface area contributed by atoms with E-state index < -0.39 is 0 Å².